The lowest BCUT2D eigenvalue weighted by Crippen LogP contribution is -2.52. The largest absolute Gasteiger partial charge is 0.480 e. The Morgan fingerprint density at radius 3 is 2.05 bits per heavy atom. The lowest BCUT2D eigenvalue weighted by molar-refractivity contribution is -0.150. The fourth-order valence-corrected chi connectivity index (χ4v) is 1.89. The molecule has 0 radical (unpaired) electrons. The van der Waals surface area contributed by atoms with Gasteiger partial charge in [0.25, 0.3) is 0 Å². The second-order valence-electron chi connectivity index (χ2n) is 3.82. The molecule has 0 aliphatic rings. The molecule has 0 heterocycles. The van der Waals surface area contributed by atoms with E-state index in [0.717, 1.165) is 0 Å². The van der Waals surface area contributed by atoms with Gasteiger partial charge in [0, 0.05) is 0 Å². The first-order valence-electron chi connectivity index (χ1n) is 5.55. The zero-order valence-electron chi connectivity index (χ0n) is 10.9. The van der Waals surface area contributed by atoms with Crippen LogP contribution < -0.4 is 11.1 Å². The minimum Gasteiger partial charge on any atom is -0.480 e. The van der Waals surface area contributed by atoms with E-state index in [-0.39, 0.29) is 6.42 Å². The average molecular weight is 307 g/mol. The van der Waals surface area contributed by atoms with E-state index in [0.29, 0.717) is 10.7 Å². The van der Waals surface area contributed by atoms with Gasteiger partial charge in [-0.15, -0.1) is 0 Å². The van der Waals surface area contributed by atoms with Crippen molar-refractivity contribution in [1.29, 1.82) is 0 Å². The molecule has 20 heavy (non-hydrogen) atoms. The van der Waals surface area contributed by atoms with Crippen LogP contribution in [0.1, 0.15) is 6.42 Å². The van der Waals surface area contributed by atoms with Crippen LogP contribution in [0.4, 0.5) is 4.79 Å². The fourth-order valence-electron chi connectivity index (χ4n) is 1.42. The predicted octanol–water partition coefficient (Wildman–Crippen LogP) is -1.23. The van der Waals surface area contributed by atoms with Gasteiger partial charge in [-0.1, -0.05) is 0 Å². The molecule has 10 heteroatoms. The Morgan fingerprint density at radius 2 is 1.70 bits per heavy atom. The zero-order valence-corrected chi connectivity index (χ0v) is 11.7. The molecule has 0 aromatic carbocycles. The van der Waals surface area contributed by atoms with Crippen molar-refractivity contribution in [3.8, 4) is 0 Å². The molecular weight excluding hydrogens is 290 g/mol. The first kappa shape index (κ1) is 18.0. The maximum atomic E-state index is 12.1. The quantitative estimate of drug-likeness (QED) is 0.416. The SMILES string of the molecule is CSCCC(NC(N)=O)C(=O)N(CC(=O)O)CC(=O)O. The maximum absolute atomic E-state index is 12.1. The van der Waals surface area contributed by atoms with Gasteiger partial charge in [0.05, 0.1) is 0 Å². The number of primary amides is 1. The fraction of sp³-hybridized carbons (Fsp3) is 0.600. The minimum absolute atomic E-state index is 0.221. The lowest BCUT2D eigenvalue weighted by Gasteiger charge is -2.24. The van der Waals surface area contributed by atoms with Gasteiger partial charge in [0.2, 0.25) is 5.91 Å². The van der Waals surface area contributed by atoms with Gasteiger partial charge in [-0.3, -0.25) is 14.4 Å². The number of hydrogen-bond acceptors (Lipinski definition) is 5. The minimum atomic E-state index is -1.35. The average Bonchev–Trinajstić information content (AvgIpc) is 2.31. The molecular formula is C10H17N3O6S. The third-order valence-corrected chi connectivity index (χ3v) is 2.83. The molecule has 0 bridgehead atoms. The normalized spacial score (nSPS) is 11.4. The van der Waals surface area contributed by atoms with Crippen LogP contribution in [0.5, 0.6) is 0 Å². The molecule has 3 amide bonds. The molecule has 0 fully saturated rings. The monoisotopic (exact) mass is 307 g/mol. The Hall–Kier alpha value is -1.97. The smallest absolute Gasteiger partial charge is 0.323 e. The van der Waals surface area contributed by atoms with Gasteiger partial charge in [0.15, 0.2) is 0 Å². The van der Waals surface area contributed by atoms with Gasteiger partial charge in [-0.25, -0.2) is 4.79 Å². The second kappa shape index (κ2) is 9.02. The summed E-state index contributed by atoms with van der Waals surface area (Å²) < 4.78 is 0. The van der Waals surface area contributed by atoms with E-state index in [1.807, 2.05) is 0 Å². The van der Waals surface area contributed by atoms with Crippen molar-refractivity contribution in [3.05, 3.63) is 0 Å². The first-order chi connectivity index (χ1) is 9.27. The van der Waals surface area contributed by atoms with Crippen LogP contribution in [-0.2, 0) is 14.4 Å². The third kappa shape index (κ3) is 7.46. The van der Waals surface area contributed by atoms with Gasteiger partial charge in [-0.2, -0.15) is 11.8 Å². The van der Waals surface area contributed by atoms with E-state index >= 15 is 0 Å². The Kier molecular flexibility index (Phi) is 8.13. The standard InChI is InChI=1S/C10H17N3O6S/c1-20-3-2-6(12-10(11)19)9(18)13(4-7(14)15)5-8(16)17/h6H,2-5H2,1H3,(H,14,15)(H,16,17)(H3,11,12,19). The molecule has 0 aromatic heterocycles. The summed E-state index contributed by atoms with van der Waals surface area (Å²) in [5.41, 5.74) is 4.95. The van der Waals surface area contributed by atoms with Crippen LogP contribution in [0.15, 0.2) is 0 Å². The number of urea groups is 1. The molecule has 5 N–H and O–H groups in total. The van der Waals surface area contributed by atoms with Crippen molar-refractivity contribution >= 4 is 35.6 Å². The van der Waals surface area contributed by atoms with Crippen LogP contribution in [0.3, 0.4) is 0 Å². The second-order valence-corrected chi connectivity index (χ2v) is 4.81. The van der Waals surface area contributed by atoms with E-state index in [1.54, 1.807) is 6.26 Å². The molecule has 0 spiro atoms. The highest BCUT2D eigenvalue weighted by atomic mass is 32.2. The topological polar surface area (TPSA) is 150 Å². The highest BCUT2D eigenvalue weighted by molar-refractivity contribution is 7.98. The number of nitrogens with zero attached hydrogens (tertiary/aromatic N) is 1. The predicted molar refractivity (Wildman–Crippen MR) is 71.4 cm³/mol. The van der Waals surface area contributed by atoms with Crippen LogP contribution in [-0.4, -0.2) is 70.1 Å². The molecule has 0 aliphatic carbocycles. The molecule has 0 rings (SSSR count). The number of carboxylic acid groups (broad SMARTS) is 2. The van der Waals surface area contributed by atoms with Crippen molar-refractivity contribution in [2.45, 2.75) is 12.5 Å². The Bertz CT molecular complexity index is 373. The molecule has 0 aromatic rings. The molecule has 0 saturated carbocycles. The summed E-state index contributed by atoms with van der Waals surface area (Å²) in [5.74, 6) is -2.96. The summed E-state index contributed by atoms with van der Waals surface area (Å²) in [6, 6.07) is -1.98. The van der Waals surface area contributed by atoms with Crippen molar-refractivity contribution in [2.75, 3.05) is 25.1 Å². The Morgan fingerprint density at radius 1 is 1.20 bits per heavy atom. The molecule has 1 unspecified atom stereocenters. The highest BCUT2D eigenvalue weighted by Gasteiger charge is 2.27. The summed E-state index contributed by atoms with van der Waals surface area (Å²) in [5, 5.41) is 19.6. The summed E-state index contributed by atoms with van der Waals surface area (Å²) in [4.78, 5) is 44.9. The van der Waals surface area contributed by atoms with Crippen LogP contribution in [0.25, 0.3) is 0 Å². The Labute approximate surface area is 119 Å². The van der Waals surface area contributed by atoms with Gasteiger partial charge in [-0.05, 0) is 18.4 Å². The molecule has 0 aliphatic heterocycles. The van der Waals surface area contributed by atoms with Crippen molar-refractivity contribution in [3.63, 3.8) is 0 Å². The lowest BCUT2D eigenvalue weighted by atomic mass is 10.2. The highest BCUT2D eigenvalue weighted by Crippen LogP contribution is 2.05. The third-order valence-electron chi connectivity index (χ3n) is 2.19. The zero-order chi connectivity index (χ0) is 15.7. The van der Waals surface area contributed by atoms with E-state index < -0.39 is 43.0 Å². The molecule has 1 atom stereocenters. The van der Waals surface area contributed by atoms with Crippen LogP contribution >= 0.6 is 11.8 Å². The molecule has 9 nitrogen and oxygen atoms in total. The van der Waals surface area contributed by atoms with Crippen molar-refractivity contribution < 1.29 is 29.4 Å². The van der Waals surface area contributed by atoms with Crippen molar-refractivity contribution in [2.24, 2.45) is 5.73 Å². The molecule has 114 valence electrons. The maximum Gasteiger partial charge on any atom is 0.323 e. The summed E-state index contributed by atoms with van der Waals surface area (Å²) in [6.45, 7) is -1.53. The van der Waals surface area contributed by atoms with E-state index in [4.69, 9.17) is 15.9 Å². The number of nitrogens with two attached hydrogens (primary N) is 1. The number of carbonyl (C=O) groups excluding carboxylic acids is 2. The number of aliphatic carboxylic acids is 2. The van der Waals surface area contributed by atoms with E-state index in [2.05, 4.69) is 5.32 Å². The number of hydrogen-bond donors (Lipinski definition) is 4. The van der Waals surface area contributed by atoms with E-state index in [1.165, 1.54) is 11.8 Å². The summed E-state index contributed by atoms with van der Waals surface area (Å²) in [7, 11) is 0. The number of nitrogens with one attached hydrogen (secondary N) is 1. The van der Waals surface area contributed by atoms with Crippen LogP contribution in [0.2, 0.25) is 0 Å². The van der Waals surface area contributed by atoms with Crippen LogP contribution in [0, 0.1) is 0 Å². The summed E-state index contributed by atoms with van der Waals surface area (Å²) in [6.07, 6.45) is 2.01. The number of amides is 3. The number of rotatable bonds is 9. The Balaban J connectivity index is 4.95. The van der Waals surface area contributed by atoms with Gasteiger partial charge in [0.1, 0.15) is 19.1 Å². The number of carboxylic acids is 2. The van der Waals surface area contributed by atoms with E-state index in [9.17, 15) is 19.2 Å². The summed E-state index contributed by atoms with van der Waals surface area (Å²) >= 11 is 1.42. The number of thioether (sulfide) groups is 1. The number of carbonyl (C=O) groups is 4. The first-order valence-corrected chi connectivity index (χ1v) is 6.94. The van der Waals surface area contributed by atoms with Gasteiger partial charge < -0.3 is 26.2 Å². The van der Waals surface area contributed by atoms with Gasteiger partial charge >= 0.3 is 18.0 Å². The molecule has 0 saturated heterocycles. The van der Waals surface area contributed by atoms with Crippen molar-refractivity contribution in [1.82, 2.24) is 10.2 Å².